The van der Waals surface area contributed by atoms with Gasteiger partial charge in [-0.05, 0) is 44.0 Å². The number of pyridine rings is 1. The number of nitrogens with one attached hydrogen (secondary N) is 1. The summed E-state index contributed by atoms with van der Waals surface area (Å²) in [6, 6.07) is 14.1. The zero-order valence-corrected chi connectivity index (χ0v) is 12.8. The minimum Gasteiger partial charge on any atom is -0.341 e. The summed E-state index contributed by atoms with van der Waals surface area (Å²) in [5, 5.41) is 2.90. The highest BCUT2D eigenvalue weighted by Crippen LogP contribution is 2.28. The molecule has 0 aliphatic heterocycles. The maximum Gasteiger partial charge on any atom is 0.228 e. The Balaban J connectivity index is 1.71. The van der Waals surface area contributed by atoms with Crippen LogP contribution in [-0.4, -0.2) is 17.4 Å². The Morgan fingerprint density at radius 3 is 2.50 bits per heavy atom. The minimum absolute atomic E-state index is 0.0990. The summed E-state index contributed by atoms with van der Waals surface area (Å²) >= 11 is 0. The Kier molecular flexibility index (Phi) is 4.37. The van der Waals surface area contributed by atoms with Crippen LogP contribution in [0.2, 0.25) is 0 Å². The van der Waals surface area contributed by atoms with Gasteiger partial charge in [-0.2, -0.15) is 0 Å². The fourth-order valence-corrected chi connectivity index (χ4v) is 2.64. The van der Waals surface area contributed by atoms with Crippen molar-refractivity contribution in [3.63, 3.8) is 0 Å². The van der Waals surface area contributed by atoms with Gasteiger partial charge in [-0.1, -0.05) is 24.6 Å². The molecule has 1 amide bonds. The Hall–Kier alpha value is -2.36. The summed E-state index contributed by atoms with van der Waals surface area (Å²) in [5.41, 5.74) is 2.16. The normalized spacial score (nSPS) is 14.2. The van der Waals surface area contributed by atoms with E-state index >= 15 is 0 Å². The van der Waals surface area contributed by atoms with E-state index in [2.05, 4.69) is 34.3 Å². The van der Waals surface area contributed by atoms with E-state index in [4.69, 9.17) is 0 Å². The molecule has 114 valence electrons. The first kappa shape index (κ1) is 14.6. The highest BCUT2D eigenvalue weighted by atomic mass is 16.2. The third kappa shape index (κ3) is 3.11. The van der Waals surface area contributed by atoms with Crippen LogP contribution in [0.25, 0.3) is 0 Å². The molecule has 4 heteroatoms. The van der Waals surface area contributed by atoms with E-state index in [1.54, 1.807) is 0 Å². The average molecular weight is 295 g/mol. The van der Waals surface area contributed by atoms with Gasteiger partial charge in [0.1, 0.15) is 5.82 Å². The smallest absolute Gasteiger partial charge is 0.228 e. The van der Waals surface area contributed by atoms with Gasteiger partial charge in [0.2, 0.25) is 5.91 Å². The molecule has 3 rings (SSSR count). The van der Waals surface area contributed by atoms with Crippen LogP contribution in [0.3, 0.4) is 0 Å². The van der Waals surface area contributed by atoms with Gasteiger partial charge in [0, 0.05) is 18.2 Å². The molecular formula is C18H21N3O. The molecule has 1 heterocycles. The highest BCUT2D eigenvalue weighted by molar-refractivity contribution is 5.92. The molecule has 1 aliphatic carbocycles. The lowest BCUT2D eigenvalue weighted by Crippen LogP contribution is -2.28. The summed E-state index contributed by atoms with van der Waals surface area (Å²) in [4.78, 5) is 18.5. The zero-order chi connectivity index (χ0) is 15.4. The highest BCUT2D eigenvalue weighted by Gasteiger charge is 2.25. The molecule has 1 aromatic heterocycles. The van der Waals surface area contributed by atoms with Gasteiger partial charge in [0.05, 0.1) is 11.9 Å². The van der Waals surface area contributed by atoms with Crippen molar-refractivity contribution in [1.82, 2.24) is 4.98 Å². The summed E-state index contributed by atoms with van der Waals surface area (Å²) < 4.78 is 0. The number of carbonyl (C=O) groups is 1. The lowest BCUT2D eigenvalue weighted by atomic mass is 9.85. The Morgan fingerprint density at radius 2 is 1.95 bits per heavy atom. The van der Waals surface area contributed by atoms with Gasteiger partial charge in [0.25, 0.3) is 0 Å². The molecule has 1 aliphatic rings. The number of carbonyl (C=O) groups excluding carboxylic acids is 1. The number of aromatic nitrogens is 1. The fraction of sp³-hybridized carbons (Fsp3) is 0.333. The van der Waals surface area contributed by atoms with Crippen LogP contribution in [-0.2, 0) is 4.79 Å². The van der Waals surface area contributed by atoms with Crippen LogP contribution in [0.4, 0.5) is 17.2 Å². The predicted octanol–water partition coefficient (Wildman–Crippen LogP) is 3.98. The molecule has 0 saturated heterocycles. The van der Waals surface area contributed by atoms with E-state index < -0.39 is 0 Å². The molecule has 1 N–H and O–H groups in total. The number of rotatable bonds is 5. The van der Waals surface area contributed by atoms with Crippen molar-refractivity contribution >= 4 is 23.1 Å². The lowest BCUT2D eigenvalue weighted by molar-refractivity contribution is -0.122. The van der Waals surface area contributed by atoms with Crippen molar-refractivity contribution in [1.29, 1.82) is 0 Å². The van der Waals surface area contributed by atoms with Gasteiger partial charge >= 0.3 is 0 Å². The van der Waals surface area contributed by atoms with Crippen LogP contribution < -0.4 is 10.2 Å². The van der Waals surface area contributed by atoms with Crippen LogP contribution in [0, 0.1) is 5.92 Å². The second-order valence-corrected chi connectivity index (χ2v) is 5.60. The standard InChI is InChI=1S/C18H21N3O/c1-2-21(15-9-4-3-5-10-15)16-11-12-17(19-13-16)20-18(22)14-7-6-8-14/h3-5,9-14H,2,6-8H2,1H3,(H,19,20,22). The summed E-state index contributed by atoms with van der Waals surface area (Å²) in [6.45, 7) is 2.97. The van der Waals surface area contributed by atoms with Crippen molar-refractivity contribution in [2.24, 2.45) is 5.92 Å². The Morgan fingerprint density at radius 1 is 1.18 bits per heavy atom. The second-order valence-electron chi connectivity index (χ2n) is 5.60. The van der Waals surface area contributed by atoms with E-state index in [0.717, 1.165) is 37.2 Å². The maximum absolute atomic E-state index is 11.9. The minimum atomic E-state index is 0.0990. The van der Waals surface area contributed by atoms with Crippen molar-refractivity contribution in [3.8, 4) is 0 Å². The van der Waals surface area contributed by atoms with E-state index in [0.29, 0.717) is 5.82 Å². The lowest BCUT2D eigenvalue weighted by Gasteiger charge is -2.24. The molecule has 2 aromatic rings. The summed E-state index contributed by atoms with van der Waals surface area (Å²) in [5.74, 6) is 0.907. The van der Waals surface area contributed by atoms with E-state index in [9.17, 15) is 4.79 Å². The first-order valence-electron chi connectivity index (χ1n) is 7.87. The van der Waals surface area contributed by atoms with E-state index in [-0.39, 0.29) is 11.8 Å². The van der Waals surface area contributed by atoms with Crippen molar-refractivity contribution in [2.75, 3.05) is 16.8 Å². The largest absolute Gasteiger partial charge is 0.341 e. The maximum atomic E-state index is 11.9. The fourth-order valence-electron chi connectivity index (χ4n) is 2.64. The first-order chi connectivity index (χ1) is 10.8. The van der Waals surface area contributed by atoms with Crippen molar-refractivity contribution in [3.05, 3.63) is 48.7 Å². The second kappa shape index (κ2) is 6.60. The number of hydrogen-bond donors (Lipinski definition) is 1. The van der Waals surface area contributed by atoms with Crippen LogP contribution in [0.5, 0.6) is 0 Å². The number of amides is 1. The molecule has 4 nitrogen and oxygen atoms in total. The number of para-hydroxylation sites is 1. The van der Waals surface area contributed by atoms with Gasteiger partial charge in [-0.15, -0.1) is 0 Å². The molecule has 1 aromatic carbocycles. The molecule has 1 fully saturated rings. The summed E-state index contributed by atoms with van der Waals surface area (Å²) in [6.07, 6.45) is 4.98. The SMILES string of the molecule is CCN(c1ccccc1)c1ccc(NC(=O)C2CCC2)nc1. The molecule has 0 bridgehead atoms. The molecule has 0 atom stereocenters. The third-order valence-corrected chi connectivity index (χ3v) is 4.17. The number of nitrogens with zero attached hydrogens (tertiary/aromatic N) is 2. The van der Waals surface area contributed by atoms with Crippen molar-refractivity contribution in [2.45, 2.75) is 26.2 Å². The van der Waals surface area contributed by atoms with Gasteiger partial charge in [-0.25, -0.2) is 4.98 Å². The molecule has 22 heavy (non-hydrogen) atoms. The average Bonchev–Trinajstić information content (AvgIpc) is 2.49. The van der Waals surface area contributed by atoms with Crippen molar-refractivity contribution < 1.29 is 4.79 Å². The number of anilines is 3. The Labute approximate surface area is 131 Å². The molecule has 0 radical (unpaired) electrons. The quantitative estimate of drug-likeness (QED) is 0.907. The van der Waals surface area contributed by atoms with Crippen LogP contribution in [0.1, 0.15) is 26.2 Å². The molecule has 0 unspecified atom stereocenters. The Bertz CT molecular complexity index is 621. The van der Waals surface area contributed by atoms with Crippen LogP contribution >= 0.6 is 0 Å². The van der Waals surface area contributed by atoms with Gasteiger partial charge < -0.3 is 10.2 Å². The van der Waals surface area contributed by atoms with Gasteiger partial charge in [-0.3, -0.25) is 4.79 Å². The molecule has 1 saturated carbocycles. The third-order valence-electron chi connectivity index (χ3n) is 4.17. The van der Waals surface area contributed by atoms with E-state index in [1.165, 1.54) is 0 Å². The van der Waals surface area contributed by atoms with E-state index in [1.807, 2.05) is 36.5 Å². The zero-order valence-electron chi connectivity index (χ0n) is 12.8. The predicted molar refractivity (Wildman–Crippen MR) is 89.3 cm³/mol. The molecular weight excluding hydrogens is 274 g/mol. The number of hydrogen-bond acceptors (Lipinski definition) is 3. The van der Waals surface area contributed by atoms with Gasteiger partial charge in [0.15, 0.2) is 0 Å². The number of benzene rings is 1. The van der Waals surface area contributed by atoms with Crippen LogP contribution in [0.15, 0.2) is 48.7 Å². The first-order valence-corrected chi connectivity index (χ1v) is 7.87. The molecule has 0 spiro atoms. The monoisotopic (exact) mass is 295 g/mol. The topological polar surface area (TPSA) is 45.2 Å². The summed E-state index contributed by atoms with van der Waals surface area (Å²) in [7, 11) is 0.